The van der Waals surface area contributed by atoms with Crippen molar-refractivity contribution in [3.63, 3.8) is 0 Å². The molecule has 0 bridgehead atoms. The van der Waals surface area contributed by atoms with Gasteiger partial charge in [0.15, 0.2) is 0 Å². The summed E-state index contributed by atoms with van der Waals surface area (Å²) < 4.78 is 0. The van der Waals surface area contributed by atoms with Gasteiger partial charge in [-0.3, -0.25) is 4.79 Å². The Morgan fingerprint density at radius 2 is 1.80 bits per heavy atom. The van der Waals surface area contributed by atoms with E-state index in [0.29, 0.717) is 4.90 Å². The van der Waals surface area contributed by atoms with Gasteiger partial charge in [0, 0.05) is 0 Å². The van der Waals surface area contributed by atoms with Gasteiger partial charge >= 0.3 is 12.1 Å². The topological polar surface area (TPSA) is 94.9 Å². The van der Waals surface area contributed by atoms with Crippen molar-refractivity contribution in [2.24, 2.45) is 0 Å². The molecule has 0 radical (unpaired) electrons. The summed E-state index contributed by atoms with van der Waals surface area (Å²) in [6.45, 7) is 0. The highest BCUT2D eigenvalue weighted by Gasteiger charge is 2.19. The molecule has 6 nitrogen and oxygen atoms in total. The number of hydrogen-bond donors (Lipinski definition) is 2. The van der Waals surface area contributed by atoms with Gasteiger partial charge in [-0.25, -0.2) is 14.5 Å². The summed E-state index contributed by atoms with van der Waals surface area (Å²) in [6.07, 6.45) is -1.48. The summed E-state index contributed by atoms with van der Waals surface area (Å²) in [5.41, 5.74) is -0.417. The summed E-state index contributed by atoms with van der Waals surface area (Å²) >= 11 is 0. The third-order valence-electron chi connectivity index (χ3n) is 1.71. The monoisotopic (exact) mass is 209 g/mol. The lowest BCUT2D eigenvalue weighted by Gasteiger charge is -2.13. The first-order valence-electron chi connectivity index (χ1n) is 3.87. The molecule has 0 unspecified atom stereocenters. The third-order valence-corrected chi connectivity index (χ3v) is 1.71. The quantitative estimate of drug-likeness (QED) is 0.724. The van der Waals surface area contributed by atoms with Gasteiger partial charge in [-0.05, 0) is 12.1 Å². The zero-order chi connectivity index (χ0) is 11.4. The number of anilines is 1. The molecule has 0 aliphatic carbocycles. The smallest absolute Gasteiger partial charge is 0.418 e. The number of carboxylic acid groups (broad SMARTS) is 2. The van der Waals surface area contributed by atoms with Gasteiger partial charge in [0.2, 0.25) is 6.41 Å². The molecule has 0 aromatic heterocycles. The van der Waals surface area contributed by atoms with Crippen LogP contribution < -0.4 is 4.90 Å². The van der Waals surface area contributed by atoms with Crippen LogP contribution in [-0.4, -0.2) is 28.7 Å². The molecular weight excluding hydrogens is 202 g/mol. The third kappa shape index (κ3) is 2.11. The van der Waals surface area contributed by atoms with Crippen molar-refractivity contribution < 1.29 is 24.6 Å². The molecule has 2 amide bonds. The lowest BCUT2D eigenvalue weighted by atomic mass is 10.1. The molecule has 1 aromatic carbocycles. The number of rotatable bonds is 3. The number of carboxylic acids is 1. The number of imide groups is 1. The predicted octanol–water partition coefficient (Wildman–Crippen LogP) is 1.03. The van der Waals surface area contributed by atoms with Crippen LogP contribution in [0.1, 0.15) is 10.4 Å². The minimum absolute atomic E-state index is 0.0457. The molecule has 0 atom stereocenters. The highest BCUT2D eigenvalue weighted by Crippen LogP contribution is 2.19. The first kappa shape index (κ1) is 10.7. The first-order valence-corrected chi connectivity index (χ1v) is 3.87. The van der Waals surface area contributed by atoms with Crippen LogP contribution in [0.25, 0.3) is 0 Å². The van der Waals surface area contributed by atoms with Crippen LogP contribution in [0.15, 0.2) is 24.3 Å². The van der Waals surface area contributed by atoms with Crippen LogP contribution in [0, 0.1) is 0 Å². The number of benzene rings is 1. The van der Waals surface area contributed by atoms with Gasteiger partial charge in [0.1, 0.15) is 0 Å². The van der Waals surface area contributed by atoms with Crippen LogP contribution in [0.5, 0.6) is 0 Å². The van der Waals surface area contributed by atoms with E-state index in [2.05, 4.69) is 0 Å². The molecule has 1 aromatic rings. The summed E-state index contributed by atoms with van der Waals surface area (Å²) in [5.74, 6) is -1.29. The predicted molar refractivity (Wildman–Crippen MR) is 50.0 cm³/mol. The highest BCUT2D eigenvalue weighted by atomic mass is 16.4. The van der Waals surface area contributed by atoms with Gasteiger partial charge in [0.05, 0.1) is 11.3 Å². The van der Waals surface area contributed by atoms with Crippen molar-refractivity contribution in [3.05, 3.63) is 29.8 Å². The molecule has 0 fully saturated rings. The Labute approximate surface area is 84.4 Å². The molecule has 78 valence electrons. The van der Waals surface area contributed by atoms with Crippen molar-refractivity contribution >= 4 is 24.2 Å². The molecule has 0 saturated heterocycles. The Morgan fingerprint density at radius 3 is 2.27 bits per heavy atom. The van der Waals surface area contributed by atoms with Gasteiger partial charge in [-0.15, -0.1) is 0 Å². The molecule has 1 rings (SSSR count). The maximum absolute atomic E-state index is 10.7. The second-order valence-electron chi connectivity index (χ2n) is 2.58. The van der Waals surface area contributed by atoms with Crippen LogP contribution in [-0.2, 0) is 4.79 Å². The number of amides is 2. The molecule has 0 aliphatic rings. The van der Waals surface area contributed by atoms with Gasteiger partial charge in [0.25, 0.3) is 0 Å². The van der Waals surface area contributed by atoms with Crippen LogP contribution in [0.2, 0.25) is 0 Å². The number of hydrogen-bond acceptors (Lipinski definition) is 3. The molecule has 0 heterocycles. The average molecular weight is 209 g/mol. The van der Waals surface area contributed by atoms with Gasteiger partial charge in [-0.2, -0.15) is 0 Å². The van der Waals surface area contributed by atoms with Crippen LogP contribution >= 0.6 is 0 Å². The maximum atomic E-state index is 10.7. The largest absolute Gasteiger partial charge is 0.478 e. The molecule has 0 saturated carbocycles. The van der Waals surface area contributed by atoms with Crippen LogP contribution in [0.3, 0.4) is 0 Å². The van der Waals surface area contributed by atoms with E-state index in [1.54, 1.807) is 0 Å². The van der Waals surface area contributed by atoms with E-state index in [0.717, 1.165) is 0 Å². The fourth-order valence-electron chi connectivity index (χ4n) is 1.07. The van der Waals surface area contributed by atoms with Gasteiger partial charge in [-0.1, -0.05) is 12.1 Å². The first-order chi connectivity index (χ1) is 7.07. The Kier molecular flexibility index (Phi) is 3.02. The van der Waals surface area contributed by atoms with E-state index < -0.39 is 12.1 Å². The maximum Gasteiger partial charge on any atom is 0.418 e. The van der Waals surface area contributed by atoms with Crippen molar-refractivity contribution in [2.75, 3.05) is 4.90 Å². The number of aromatic carboxylic acids is 1. The Hall–Kier alpha value is -2.37. The van der Waals surface area contributed by atoms with E-state index in [1.807, 2.05) is 0 Å². The van der Waals surface area contributed by atoms with Crippen molar-refractivity contribution in [3.8, 4) is 0 Å². The molecule has 0 spiro atoms. The standard InChI is InChI=1S/C9H7NO5/c11-5-10(9(14)15)7-4-2-1-3-6(7)8(12)13/h1-5H,(H,12,13)(H,14,15). The zero-order valence-corrected chi connectivity index (χ0v) is 7.45. The number of carbonyl (C=O) groups is 3. The second-order valence-corrected chi connectivity index (χ2v) is 2.58. The zero-order valence-electron chi connectivity index (χ0n) is 7.45. The minimum Gasteiger partial charge on any atom is -0.478 e. The van der Waals surface area contributed by atoms with E-state index in [4.69, 9.17) is 10.2 Å². The molecule has 15 heavy (non-hydrogen) atoms. The van der Waals surface area contributed by atoms with Crippen molar-refractivity contribution in [1.82, 2.24) is 0 Å². The molecule has 6 heteroatoms. The number of carbonyl (C=O) groups excluding carboxylic acids is 1. The van der Waals surface area contributed by atoms with E-state index in [9.17, 15) is 14.4 Å². The lowest BCUT2D eigenvalue weighted by molar-refractivity contribution is -0.107. The lowest BCUT2D eigenvalue weighted by Crippen LogP contribution is -2.28. The Balaban J connectivity index is 3.28. The second kappa shape index (κ2) is 4.23. The molecular formula is C9H7NO5. The summed E-state index contributed by atoms with van der Waals surface area (Å²) in [7, 11) is 0. The summed E-state index contributed by atoms with van der Waals surface area (Å²) in [5, 5.41) is 17.4. The average Bonchev–Trinajstić information content (AvgIpc) is 2.18. The Morgan fingerprint density at radius 1 is 1.20 bits per heavy atom. The number of para-hydroxylation sites is 1. The van der Waals surface area contributed by atoms with E-state index >= 15 is 0 Å². The van der Waals surface area contributed by atoms with Gasteiger partial charge < -0.3 is 10.2 Å². The highest BCUT2D eigenvalue weighted by molar-refractivity contribution is 6.07. The van der Waals surface area contributed by atoms with Crippen molar-refractivity contribution in [2.45, 2.75) is 0 Å². The minimum atomic E-state index is -1.53. The summed E-state index contributed by atoms with van der Waals surface area (Å²) in [6, 6.07) is 5.35. The Bertz CT molecular complexity index is 415. The van der Waals surface area contributed by atoms with E-state index in [-0.39, 0.29) is 17.7 Å². The van der Waals surface area contributed by atoms with E-state index in [1.165, 1.54) is 24.3 Å². The normalized spacial score (nSPS) is 9.33. The van der Waals surface area contributed by atoms with Crippen LogP contribution in [0.4, 0.5) is 10.5 Å². The molecule has 0 aliphatic heterocycles. The fraction of sp³-hybridized carbons (Fsp3) is 0. The molecule has 2 N–H and O–H groups in total. The summed E-state index contributed by atoms with van der Waals surface area (Å²) in [4.78, 5) is 32.1. The SMILES string of the molecule is O=CN(C(=O)O)c1ccccc1C(=O)O. The van der Waals surface area contributed by atoms with Crippen molar-refractivity contribution in [1.29, 1.82) is 0 Å². The fourth-order valence-corrected chi connectivity index (χ4v) is 1.07. The number of nitrogens with zero attached hydrogens (tertiary/aromatic N) is 1.